The molecule has 0 aliphatic carbocycles. The van der Waals surface area contributed by atoms with E-state index in [4.69, 9.17) is 4.52 Å². The minimum absolute atomic E-state index is 0.0323. The molecule has 0 unspecified atom stereocenters. The second-order valence-electron chi connectivity index (χ2n) is 6.76. The van der Waals surface area contributed by atoms with Gasteiger partial charge in [-0.3, -0.25) is 9.59 Å². The Morgan fingerprint density at radius 3 is 2.53 bits per heavy atom. The third kappa shape index (κ3) is 3.57. The highest BCUT2D eigenvalue weighted by Crippen LogP contribution is 2.30. The number of hydrogen-bond acceptors (Lipinski definition) is 7. The fourth-order valence-electron chi connectivity index (χ4n) is 3.15. The molecule has 0 radical (unpaired) electrons. The maximum Gasteiger partial charge on any atom is 0.269 e. The summed E-state index contributed by atoms with van der Waals surface area (Å²) >= 11 is 0. The zero-order valence-corrected chi connectivity index (χ0v) is 16.9. The average Bonchev–Trinajstić information content (AvgIpc) is 3.29. The van der Waals surface area contributed by atoms with Crippen molar-refractivity contribution in [2.45, 2.75) is 17.9 Å². The Balaban J connectivity index is 1.38. The van der Waals surface area contributed by atoms with E-state index in [-0.39, 0.29) is 41.8 Å². The molecule has 30 heavy (non-hydrogen) atoms. The van der Waals surface area contributed by atoms with E-state index in [9.17, 15) is 18.0 Å². The highest BCUT2D eigenvalue weighted by molar-refractivity contribution is 7.90. The lowest BCUT2D eigenvalue weighted by molar-refractivity contribution is -0.130. The number of aromatic nitrogens is 2. The summed E-state index contributed by atoms with van der Waals surface area (Å²) in [5.41, 5.74) is 0.913. The SMILES string of the molecule is CN(Cc1nc(-c2ccccc2)no1)C(=O)CCN1C(=O)c2ccccc2S1(=O)=O. The van der Waals surface area contributed by atoms with Gasteiger partial charge < -0.3 is 9.42 Å². The Morgan fingerprint density at radius 1 is 1.10 bits per heavy atom. The Hall–Kier alpha value is -3.53. The third-order valence-electron chi connectivity index (χ3n) is 4.74. The molecule has 4 rings (SSSR count). The van der Waals surface area contributed by atoms with Crippen LogP contribution in [0.1, 0.15) is 22.7 Å². The van der Waals surface area contributed by atoms with Gasteiger partial charge in [0.15, 0.2) is 0 Å². The fourth-order valence-corrected chi connectivity index (χ4v) is 4.72. The molecule has 2 heterocycles. The molecule has 3 aromatic rings. The molecule has 2 aromatic carbocycles. The first-order valence-electron chi connectivity index (χ1n) is 9.16. The van der Waals surface area contributed by atoms with Gasteiger partial charge in [-0.15, -0.1) is 0 Å². The van der Waals surface area contributed by atoms with Crippen molar-refractivity contribution in [1.82, 2.24) is 19.3 Å². The second-order valence-corrected chi connectivity index (χ2v) is 8.59. The number of nitrogens with zero attached hydrogens (tertiary/aromatic N) is 4. The number of sulfonamides is 1. The van der Waals surface area contributed by atoms with Gasteiger partial charge in [-0.05, 0) is 12.1 Å². The van der Waals surface area contributed by atoms with E-state index in [0.29, 0.717) is 5.82 Å². The van der Waals surface area contributed by atoms with Crippen molar-refractivity contribution in [2.24, 2.45) is 0 Å². The van der Waals surface area contributed by atoms with Crippen LogP contribution in [0.15, 0.2) is 64.0 Å². The molecule has 0 fully saturated rings. The summed E-state index contributed by atoms with van der Waals surface area (Å²) in [7, 11) is -2.39. The molecule has 0 saturated carbocycles. The van der Waals surface area contributed by atoms with E-state index in [1.807, 2.05) is 30.3 Å². The van der Waals surface area contributed by atoms with Gasteiger partial charge in [-0.1, -0.05) is 47.6 Å². The zero-order valence-electron chi connectivity index (χ0n) is 16.1. The summed E-state index contributed by atoms with van der Waals surface area (Å²) in [6.45, 7) is -0.169. The van der Waals surface area contributed by atoms with Gasteiger partial charge in [0.2, 0.25) is 17.6 Å². The van der Waals surface area contributed by atoms with Gasteiger partial charge >= 0.3 is 0 Å². The van der Waals surface area contributed by atoms with Gasteiger partial charge in [0.05, 0.1) is 12.1 Å². The van der Waals surface area contributed by atoms with E-state index >= 15 is 0 Å². The van der Waals surface area contributed by atoms with E-state index in [1.165, 1.54) is 17.0 Å². The molecule has 0 saturated heterocycles. The molecule has 1 aromatic heterocycles. The highest BCUT2D eigenvalue weighted by Gasteiger charge is 2.40. The molecular formula is C20H18N4O5S. The summed E-state index contributed by atoms with van der Waals surface area (Å²) in [6, 6.07) is 15.3. The van der Waals surface area contributed by atoms with E-state index in [1.54, 1.807) is 19.2 Å². The first-order chi connectivity index (χ1) is 14.4. The minimum atomic E-state index is -3.93. The predicted octanol–water partition coefficient (Wildman–Crippen LogP) is 1.93. The van der Waals surface area contributed by atoms with Gasteiger partial charge in [0.1, 0.15) is 4.90 Å². The van der Waals surface area contributed by atoms with Gasteiger partial charge in [-0.2, -0.15) is 4.98 Å². The topological polar surface area (TPSA) is 114 Å². The molecule has 0 N–H and O–H groups in total. The molecule has 1 aliphatic rings. The molecule has 9 nitrogen and oxygen atoms in total. The van der Waals surface area contributed by atoms with Crippen molar-refractivity contribution in [1.29, 1.82) is 0 Å². The first kappa shape index (κ1) is 19.8. The van der Waals surface area contributed by atoms with Crippen molar-refractivity contribution in [3.63, 3.8) is 0 Å². The number of hydrogen-bond donors (Lipinski definition) is 0. The van der Waals surface area contributed by atoms with Gasteiger partial charge in [-0.25, -0.2) is 12.7 Å². The Bertz CT molecular complexity index is 1210. The third-order valence-corrected chi connectivity index (χ3v) is 6.58. The summed E-state index contributed by atoms with van der Waals surface area (Å²) in [5.74, 6) is -0.307. The lowest BCUT2D eigenvalue weighted by Gasteiger charge is -2.18. The number of fused-ring (bicyclic) bond motifs is 1. The molecule has 10 heteroatoms. The van der Waals surface area contributed by atoms with Crippen LogP contribution >= 0.6 is 0 Å². The number of benzene rings is 2. The number of carbonyl (C=O) groups is 2. The normalized spacial score (nSPS) is 14.6. The Kier molecular flexibility index (Phi) is 5.08. The van der Waals surface area contributed by atoms with Crippen molar-refractivity contribution in [3.8, 4) is 11.4 Å². The van der Waals surface area contributed by atoms with Crippen LogP contribution in [0, 0.1) is 0 Å². The van der Waals surface area contributed by atoms with Crippen molar-refractivity contribution < 1.29 is 22.5 Å². The molecule has 0 spiro atoms. The summed E-state index contributed by atoms with van der Waals surface area (Å²) in [6.07, 6.45) is -0.158. The zero-order chi connectivity index (χ0) is 21.3. The van der Waals surface area contributed by atoms with Crippen LogP contribution in [-0.4, -0.2) is 53.2 Å². The van der Waals surface area contributed by atoms with Crippen molar-refractivity contribution in [2.75, 3.05) is 13.6 Å². The smallest absolute Gasteiger partial charge is 0.269 e. The highest BCUT2D eigenvalue weighted by atomic mass is 32.2. The lowest BCUT2D eigenvalue weighted by atomic mass is 10.2. The van der Waals surface area contributed by atoms with Crippen LogP contribution in [0.25, 0.3) is 11.4 Å². The monoisotopic (exact) mass is 426 g/mol. The maximum atomic E-state index is 12.6. The Labute approximate surface area is 173 Å². The minimum Gasteiger partial charge on any atom is -0.337 e. The van der Waals surface area contributed by atoms with Crippen LogP contribution in [-0.2, 0) is 21.4 Å². The van der Waals surface area contributed by atoms with Crippen LogP contribution in [0.2, 0.25) is 0 Å². The van der Waals surface area contributed by atoms with E-state index in [2.05, 4.69) is 10.1 Å². The standard InChI is InChI=1S/C20H18N4O5S/c1-23(13-17-21-19(22-29-17)14-7-3-2-4-8-14)18(25)11-12-24-20(26)15-9-5-6-10-16(15)30(24,27)28/h2-10H,11-13H2,1H3. The second kappa shape index (κ2) is 7.71. The summed E-state index contributed by atoms with van der Waals surface area (Å²) in [5, 5.41) is 3.90. The van der Waals surface area contributed by atoms with Crippen molar-refractivity contribution in [3.05, 3.63) is 66.1 Å². The summed E-state index contributed by atoms with van der Waals surface area (Å²) < 4.78 is 31.0. The molecule has 1 aliphatic heterocycles. The average molecular weight is 426 g/mol. The molecule has 0 atom stereocenters. The molecule has 0 bridgehead atoms. The maximum absolute atomic E-state index is 12.6. The lowest BCUT2D eigenvalue weighted by Crippen LogP contribution is -2.35. The van der Waals surface area contributed by atoms with Crippen LogP contribution in [0.5, 0.6) is 0 Å². The van der Waals surface area contributed by atoms with Gasteiger partial charge in [0, 0.05) is 25.6 Å². The first-order valence-corrected chi connectivity index (χ1v) is 10.6. The quantitative estimate of drug-likeness (QED) is 0.592. The van der Waals surface area contributed by atoms with Gasteiger partial charge in [0.25, 0.3) is 15.9 Å². The van der Waals surface area contributed by atoms with Crippen LogP contribution < -0.4 is 0 Å². The molecule has 154 valence electrons. The Morgan fingerprint density at radius 2 is 1.80 bits per heavy atom. The van der Waals surface area contributed by atoms with E-state index in [0.717, 1.165) is 9.87 Å². The fraction of sp³-hybridized carbons (Fsp3) is 0.200. The van der Waals surface area contributed by atoms with Crippen molar-refractivity contribution >= 4 is 21.8 Å². The largest absolute Gasteiger partial charge is 0.337 e. The number of rotatable bonds is 6. The number of amides is 2. The number of carbonyl (C=O) groups excluding carboxylic acids is 2. The molecular weight excluding hydrogens is 408 g/mol. The molecule has 2 amide bonds. The van der Waals surface area contributed by atoms with Crippen LogP contribution in [0.3, 0.4) is 0 Å². The van der Waals surface area contributed by atoms with Crippen LogP contribution in [0.4, 0.5) is 0 Å². The van der Waals surface area contributed by atoms with E-state index < -0.39 is 15.9 Å². The summed E-state index contributed by atoms with van der Waals surface area (Å²) in [4.78, 5) is 30.5. The predicted molar refractivity (Wildman–Crippen MR) is 105 cm³/mol.